The van der Waals surface area contributed by atoms with Crippen molar-refractivity contribution in [1.29, 1.82) is 0 Å². The molecule has 2 aromatic carbocycles. The maximum absolute atomic E-state index is 12.6. The first kappa shape index (κ1) is 17.9. The lowest BCUT2D eigenvalue weighted by molar-refractivity contribution is 0.102. The molecule has 0 atom stereocenters. The zero-order valence-electron chi connectivity index (χ0n) is 14.6. The molecule has 0 aliphatic rings. The van der Waals surface area contributed by atoms with Crippen molar-refractivity contribution in [1.82, 2.24) is 9.97 Å². The van der Waals surface area contributed by atoms with Gasteiger partial charge in [-0.3, -0.25) is 4.79 Å². The number of hydrogen-bond donors (Lipinski definition) is 2. The van der Waals surface area contributed by atoms with Gasteiger partial charge in [-0.15, -0.1) is 0 Å². The molecular weight excluding hydrogens is 348 g/mol. The highest BCUT2D eigenvalue weighted by Gasteiger charge is 2.11. The second kappa shape index (κ2) is 7.97. The Morgan fingerprint density at radius 1 is 1.04 bits per heavy atom. The van der Waals surface area contributed by atoms with E-state index in [-0.39, 0.29) is 5.91 Å². The van der Waals surface area contributed by atoms with Crippen LogP contribution in [0.25, 0.3) is 0 Å². The van der Waals surface area contributed by atoms with Crippen LogP contribution in [0.1, 0.15) is 27.3 Å². The maximum Gasteiger partial charge on any atom is 0.256 e. The summed E-state index contributed by atoms with van der Waals surface area (Å²) in [4.78, 5) is 20.8. The van der Waals surface area contributed by atoms with E-state index in [0.717, 1.165) is 16.8 Å². The number of nitrogens with one attached hydrogen (secondary N) is 2. The standard InChI is InChI=1S/C20H19ClN4O/c1-13-6-7-17(24-10-15-4-3-5-16(21)8-15)9-19(13)20(26)25-18-11-22-14(2)23-12-18/h3-9,11-12,24H,10H2,1-2H3,(H,25,26). The summed E-state index contributed by atoms with van der Waals surface area (Å²) < 4.78 is 0. The Bertz CT molecular complexity index is 925. The number of anilines is 2. The lowest BCUT2D eigenvalue weighted by Crippen LogP contribution is -2.14. The summed E-state index contributed by atoms with van der Waals surface area (Å²) in [5.41, 5.74) is 3.99. The van der Waals surface area contributed by atoms with Crippen LogP contribution in [0.3, 0.4) is 0 Å². The van der Waals surface area contributed by atoms with Crippen LogP contribution in [-0.4, -0.2) is 15.9 Å². The van der Waals surface area contributed by atoms with Gasteiger partial charge in [0.2, 0.25) is 0 Å². The first-order valence-electron chi connectivity index (χ1n) is 8.20. The van der Waals surface area contributed by atoms with E-state index in [1.54, 1.807) is 19.3 Å². The molecule has 2 N–H and O–H groups in total. The highest BCUT2D eigenvalue weighted by Crippen LogP contribution is 2.19. The van der Waals surface area contributed by atoms with Crippen LogP contribution in [0.15, 0.2) is 54.9 Å². The summed E-state index contributed by atoms with van der Waals surface area (Å²) >= 11 is 6.01. The highest BCUT2D eigenvalue weighted by molar-refractivity contribution is 6.30. The molecule has 5 nitrogen and oxygen atoms in total. The van der Waals surface area contributed by atoms with Crippen molar-refractivity contribution in [3.05, 3.63) is 82.4 Å². The number of nitrogens with zero attached hydrogens (tertiary/aromatic N) is 2. The number of carbonyl (C=O) groups is 1. The Hall–Kier alpha value is -2.92. The minimum Gasteiger partial charge on any atom is -0.381 e. The molecule has 1 heterocycles. The molecule has 3 rings (SSSR count). The number of carbonyl (C=O) groups excluding carboxylic acids is 1. The third kappa shape index (κ3) is 4.58. The van der Waals surface area contributed by atoms with Gasteiger partial charge in [-0.05, 0) is 49.2 Å². The van der Waals surface area contributed by atoms with Crippen LogP contribution >= 0.6 is 11.6 Å². The molecule has 0 saturated heterocycles. The van der Waals surface area contributed by atoms with Gasteiger partial charge in [0.15, 0.2) is 0 Å². The van der Waals surface area contributed by atoms with E-state index in [0.29, 0.717) is 28.6 Å². The summed E-state index contributed by atoms with van der Waals surface area (Å²) in [5, 5.41) is 6.85. The topological polar surface area (TPSA) is 66.9 Å². The number of hydrogen-bond acceptors (Lipinski definition) is 4. The fourth-order valence-electron chi connectivity index (χ4n) is 2.48. The Morgan fingerprint density at radius 3 is 2.54 bits per heavy atom. The van der Waals surface area contributed by atoms with Crippen LogP contribution in [0.4, 0.5) is 11.4 Å². The van der Waals surface area contributed by atoms with Gasteiger partial charge in [0.1, 0.15) is 5.82 Å². The highest BCUT2D eigenvalue weighted by atomic mass is 35.5. The zero-order valence-corrected chi connectivity index (χ0v) is 15.3. The van der Waals surface area contributed by atoms with E-state index < -0.39 is 0 Å². The average Bonchev–Trinajstić information content (AvgIpc) is 2.63. The molecule has 26 heavy (non-hydrogen) atoms. The first-order chi connectivity index (χ1) is 12.5. The molecule has 6 heteroatoms. The number of benzene rings is 2. The quantitative estimate of drug-likeness (QED) is 0.691. The fraction of sp³-hybridized carbons (Fsp3) is 0.150. The van der Waals surface area contributed by atoms with Crippen LogP contribution in [0, 0.1) is 13.8 Å². The molecule has 0 unspecified atom stereocenters. The van der Waals surface area contributed by atoms with Gasteiger partial charge in [0, 0.05) is 22.8 Å². The van der Waals surface area contributed by atoms with Gasteiger partial charge >= 0.3 is 0 Å². The molecule has 3 aromatic rings. The number of aromatic nitrogens is 2. The normalized spacial score (nSPS) is 10.4. The van der Waals surface area contributed by atoms with Crippen molar-refractivity contribution in [3.8, 4) is 0 Å². The van der Waals surface area contributed by atoms with E-state index in [9.17, 15) is 4.79 Å². The molecule has 0 aliphatic heterocycles. The number of amides is 1. The Kier molecular flexibility index (Phi) is 5.49. The van der Waals surface area contributed by atoms with E-state index in [4.69, 9.17) is 11.6 Å². The van der Waals surface area contributed by atoms with Gasteiger partial charge in [0.05, 0.1) is 18.1 Å². The lowest BCUT2D eigenvalue weighted by Gasteiger charge is -2.11. The summed E-state index contributed by atoms with van der Waals surface area (Å²) in [5.74, 6) is 0.466. The summed E-state index contributed by atoms with van der Waals surface area (Å²) in [6.07, 6.45) is 3.19. The minimum absolute atomic E-state index is 0.193. The molecular formula is C20H19ClN4O. The van der Waals surface area contributed by atoms with Gasteiger partial charge in [0.25, 0.3) is 5.91 Å². The minimum atomic E-state index is -0.193. The van der Waals surface area contributed by atoms with Gasteiger partial charge in [-0.1, -0.05) is 29.8 Å². The number of aryl methyl sites for hydroxylation is 2. The Morgan fingerprint density at radius 2 is 1.81 bits per heavy atom. The maximum atomic E-state index is 12.6. The predicted molar refractivity (Wildman–Crippen MR) is 105 cm³/mol. The SMILES string of the molecule is Cc1ncc(NC(=O)c2cc(NCc3cccc(Cl)c3)ccc2C)cn1. The van der Waals surface area contributed by atoms with Crippen LogP contribution in [-0.2, 0) is 6.54 Å². The Balaban J connectivity index is 1.72. The third-order valence-electron chi connectivity index (χ3n) is 3.91. The zero-order chi connectivity index (χ0) is 18.5. The van der Waals surface area contributed by atoms with Crippen molar-refractivity contribution in [3.63, 3.8) is 0 Å². The second-order valence-corrected chi connectivity index (χ2v) is 6.42. The van der Waals surface area contributed by atoms with Crippen molar-refractivity contribution < 1.29 is 4.79 Å². The van der Waals surface area contributed by atoms with E-state index in [1.807, 2.05) is 49.4 Å². The van der Waals surface area contributed by atoms with Crippen LogP contribution in [0.2, 0.25) is 5.02 Å². The molecule has 0 fully saturated rings. The first-order valence-corrected chi connectivity index (χ1v) is 8.58. The molecule has 1 amide bonds. The molecule has 0 saturated carbocycles. The van der Waals surface area contributed by atoms with Crippen molar-refractivity contribution in [2.75, 3.05) is 10.6 Å². The summed E-state index contributed by atoms with van der Waals surface area (Å²) in [7, 11) is 0. The summed E-state index contributed by atoms with van der Waals surface area (Å²) in [6, 6.07) is 13.4. The Labute approximate surface area is 157 Å². The van der Waals surface area contributed by atoms with E-state index >= 15 is 0 Å². The molecule has 0 spiro atoms. The van der Waals surface area contributed by atoms with Crippen LogP contribution in [0.5, 0.6) is 0 Å². The van der Waals surface area contributed by atoms with Gasteiger partial charge < -0.3 is 10.6 Å². The smallest absolute Gasteiger partial charge is 0.256 e. The third-order valence-corrected chi connectivity index (χ3v) is 4.14. The van der Waals surface area contributed by atoms with Gasteiger partial charge in [-0.25, -0.2) is 9.97 Å². The number of rotatable bonds is 5. The van der Waals surface area contributed by atoms with Crippen LogP contribution < -0.4 is 10.6 Å². The van der Waals surface area contributed by atoms with Crippen molar-refractivity contribution in [2.45, 2.75) is 20.4 Å². The molecule has 0 radical (unpaired) electrons. The summed E-state index contributed by atoms with van der Waals surface area (Å²) in [6.45, 7) is 4.32. The lowest BCUT2D eigenvalue weighted by atomic mass is 10.1. The molecule has 1 aromatic heterocycles. The second-order valence-electron chi connectivity index (χ2n) is 5.99. The van der Waals surface area contributed by atoms with E-state index in [2.05, 4.69) is 20.6 Å². The van der Waals surface area contributed by atoms with E-state index in [1.165, 1.54) is 0 Å². The fourth-order valence-corrected chi connectivity index (χ4v) is 2.70. The largest absolute Gasteiger partial charge is 0.381 e. The van der Waals surface area contributed by atoms with Gasteiger partial charge in [-0.2, -0.15) is 0 Å². The van der Waals surface area contributed by atoms with Crippen molar-refractivity contribution in [2.24, 2.45) is 0 Å². The molecule has 132 valence electrons. The monoisotopic (exact) mass is 366 g/mol. The predicted octanol–water partition coefficient (Wildman–Crippen LogP) is 4.61. The molecule has 0 aliphatic carbocycles. The average molecular weight is 367 g/mol. The van der Waals surface area contributed by atoms with Crippen molar-refractivity contribution >= 4 is 28.9 Å². The molecule has 0 bridgehead atoms. The number of halogens is 1.